The Bertz CT molecular complexity index is 567. The fourth-order valence-corrected chi connectivity index (χ4v) is 1.68. The van der Waals surface area contributed by atoms with Crippen LogP contribution in [0.4, 0.5) is 0 Å². The van der Waals surface area contributed by atoms with Crippen molar-refractivity contribution in [2.24, 2.45) is 0 Å². The number of aliphatic carboxylic acids is 1. The van der Waals surface area contributed by atoms with E-state index in [-0.39, 0.29) is 17.9 Å². The molecule has 0 saturated carbocycles. The SMILES string of the molecule is C/C=C/CC(NC(=O)c1cccc(C(=O)NC)c1)C(=O)O. The lowest BCUT2D eigenvalue weighted by molar-refractivity contribution is -0.139. The fraction of sp³-hybridized carbons (Fsp3) is 0.267. The summed E-state index contributed by atoms with van der Waals surface area (Å²) in [6.07, 6.45) is 3.58. The van der Waals surface area contributed by atoms with Crippen LogP contribution in [0.1, 0.15) is 34.1 Å². The maximum Gasteiger partial charge on any atom is 0.326 e. The van der Waals surface area contributed by atoms with Gasteiger partial charge >= 0.3 is 5.97 Å². The normalized spacial score (nSPS) is 11.9. The highest BCUT2D eigenvalue weighted by Crippen LogP contribution is 2.06. The molecule has 0 aromatic heterocycles. The van der Waals surface area contributed by atoms with Gasteiger partial charge in [-0.3, -0.25) is 9.59 Å². The average Bonchev–Trinajstić information content (AvgIpc) is 2.50. The van der Waals surface area contributed by atoms with Gasteiger partial charge in [0.25, 0.3) is 11.8 Å². The van der Waals surface area contributed by atoms with Gasteiger partial charge in [0.05, 0.1) is 0 Å². The Labute approximate surface area is 122 Å². The molecule has 1 unspecified atom stereocenters. The number of nitrogens with one attached hydrogen (secondary N) is 2. The van der Waals surface area contributed by atoms with Gasteiger partial charge in [-0.25, -0.2) is 4.79 Å². The molecule has 1 atom stereocenters. The van der Waals surface area contributed by atoms with Crippen LogP contribution in [0.25, 0.3) is 0 Å². The van der Waals surface area contributed by atoms with E-state index in [2.05, 4.69) is 10.6 Å². The van der Waals surface area contributed by atoms with E-state index in [1.807, 2.05) is 0 Å². The van der Waals surface area contributed by atoms with Crippen molar-refractivity contribution < 1.29 is 19.5 Å². The number of benzene rings is 1. The first kappa shape index (κ1) is 16.4. The molecule has 0 aliphatic heterocycles. The smallest absolute Gasteiger partial charge is 0.326 e. The lowest BCUT2D eigenvalue weighted by atomic mass is 10.1. The van der Waals surface area contributed by atoms with E-state index < -0.39 is 17.9 Å². The third kappa shape index (κ3) is 4.76. The van der Waals surface area contributed by atoms with Gasteiger partial charge in [-0.15, -0.1) is 0 Å². The van der Waals surface area contributed by atoms with Gasteiger partial charge in [0.15, 0.2) is 0 Å². The van der Waals surface area contributed by atoms with E-state index in [9.17, 15) is 14.4 Å². The van der Waals surface area contributed by atoms with Crippen LogP contribution in [-0.4, -0.2) is 36.0 Å². The molecule has 1 rings (SSSR count). The van der Waals surface area contributed by atoms with Crippen LogP contribution in [0.15, 0.2) is 36.4 Å². The summed E-state index contributed by atoms with van der Waals surface area (Å²) in [6, 6.07) is 5.09. The molecule has 0 aliphatic carbocycles. The minimum absolute atomic E-state index is 0.201. The van der Waals surface area contributed by atoms with Crippen molar-refractivity contribution in [2.45, 2.75) is 19.4 Å². The van der Waals surface area contributed by atoms with Crippen molar-refractivity contribution in [3.8, 4) is 0 Å². The van der Waals surface area contributed by atoms with Gasteiger partial charge in [0.2, 0.25) is 0 Å². The molecule has 0 saturated heterocycles. The largest absolute Gasteiger partial charge is 0.480 e. The van der Waals surface area contributed by atoms with Crippen LogP contribution in [0.3, 0.4) is 0 Å². The molecule has 0 spiro atoms. The fourth-order valence-electron chi connectivity index (χ4n) is 1.68. The topological polar surface area (TPSA) is 95.5 Å². The summed E-state index contributed by atoms with van der Waals surface area (Å²) in [5, 5.41) is 14.0. The zero-order valence-electron chi connectivity index (χ0n) is 11.9. The average molecular weight is 290 g/mol. The standard InChI is InChI=1S/C15H18N2O4/c1-3-4-8-12(15(20)21)17-14(19)11-7-5-6-10(9-11)13(18)16-2/h3-7,9,12H,8H2,1-2H3,(H,16,18)(H,17,19)(H,20,21)/b4-3+. The summed E-state index contributed by atoms with van der Waals surface area (Å²) in [5.41, 5.74) is 0.577. The van der Waals surface area contributed by atoms with Crippen LogP contribution >= 0.6 is 0 Å². The number of carboxylic acids is 1. The van der Waals surface area contributed by atoms with Gasteiger partial charge in [0.1, 0.15) is 6.04 Å². The van der Waals surface area contributed by atoms with Crippen molar-refractivity contribution in [3.05, 3.63) is 47.5 Å². The number of hydrogen-bond donors (Lipinski definition) is 3. The predicted octanol–water partition coefficient (Wildman–Crippen LogP) is 1.20. The highest BCUT2D eigenvalue weighted by Gasteiger charge is 2.19. The van der Waals surface area contributed by atoms with Gasteiger partial charge in [-0.1, -0.05) is 18.2 Å². The molecule has 6 heteroatoms. The third-order valence-electron chi connectivity index (χ3n) is 2.82. The van der Waals surface area contributed by atoms with E-state index in [1.165, 1.54) is 19.2 Å². The second kappa shape index (κ2) is 7.84. The number of amides is 2. The molecule has 112 valence electrons. The molecule has 0 bridgehead atoms. The van der Waals surface area contributed by atoms with E-state index in [0.29, 0.717) is 5.56 Å². The Hall–Kier alpha value is -2.63. The molecule has 0 radical (unpaired) electrons. The molecule has 0 fully saturated rings. The molecular formula is C15H18N2O4. The van der Waals surface area contributed by atoms with Crippen LogP contribution in [0.2, 0.25) is 0 Å². The Morgan fingerprint density at radius 1 is 1.24 bits per heavy atom. The molecule has 0 aliphatic rings. The van der Waals surface area contributed by atoms with E-state index in [1.54, 1.807) is 31.2 Å². The molecular weight excluding hydrogens is 272 g/mol. The maximum atomic E-state index is 12.1. The number of carbonyl (C=O) groups is 3. The molecule has 1 aromatic carbocycles. The lowest BCUT2D eigenvalue weighted by Crippen LogP contribution is -2.40. The third-order valence-corrected chi connectivity index (χ3v) is 2.82. The summed E-state index contributed by atoms with van der Waals surface area (Å²) in [4.78, 5) is 34.7. The number of carbonyl (C=O) groups excluding carboxylic acids is 2. The van der Waals surface area contributed by atoms with Crippen LogP contribution in [0.5, 0.6) is 0 Å². The maximum absolute atomic E-state index is 12.1. The van der Waals surface area contributed by atoms with Crippen molar-refractivity contribution in [3.63, 3.8) is 0 Å². The first-order valence-corrected chi connectivity index (χ1v) is 6.46. The van der Waals surface area contributed by atoms with Crippen LogP contribution in [0, 0.1) is 0 Å². The zero-order chi connectivity index (χ0) is 15.8. The van der Waals surface area contributed by atoms with E-state index in [4.69, 9.17) is 5.11 Å². The molecule has 3 N–H and O–H groups in total. The van der Waals surface area contributed by atoms with Crippen molar-refractivity contribution >= 4 is 17.8 Å². The van der Waals surface area contributed by atoms with Crippen molar-refractivity contribution in [1.82, 2.24) is 10.6 Å². The Morgan fingerprint density at radius 2 is 1.86 bits per heavy atom. The quantitative estimate of drug-likeness (QED) is 0.686. The number of carboxylic acid groups (broad SMARTS) is 1. The Balaban J connectivity index is 2.87. The number of allylic oxidation sites excluding steroid dienone is 1. The molecule has 0 heterocycles. The second-order valence-electron chi connectivity index (χ2n) is 4.33. The lowest BCUT2D eigenvalue weighted by Gasteiger charge is -2.13. The van der Waals surface area contributed by atoms with Gasteiger partial charge in [0, 0.05) is 18.2 Å². The summed E-state index contributed by atoms with van der Waals surface area (Å²) in [6.45, 7) is 1.77. The first-order valence-electron chi connectivity index (χ1n) is 6.46. The van der Waals surface area contributed by atoms with E-state index in [0.717, 1.165) is 0 Å². The molecule has 1 aromatic rings. The summed E-state index contributed by atoms with van der Waals surface area (Å²) < 4.78 is 0. The zero-order valence-corrected chi connectivity index (χ0v) is 11.9. The van der Waals surface area contributed by atoms with Crippen LogP contribution in [-0.2, 0) is 4.79 Å². The Morgan fingerprint density at radius 3 is 2.38 bits per heavy atom. The number of rotatable bonds is 6. The minimum Gasteiger partial charge on any atom is -0.480 e. The summed E-state index contributed by atoms with van der Waals surface area (Å²) in [7, 11) is 1.49. The highest BCUT2D eigenvalue weighted by molar-refractivity contribution is 6.00. The molecule has 21 heavy (non-hydrogen) atoms. The minimum atomic E-state index is -1.11. The molecule has 6 nitrogen and oxygen atoms in total. The summed E-state index contributed by atoms with van der Waals surface area (Å²) >= 11 is 0. The highest BCUT2D eigenvalue weighted by atomic mass is 16.4. The summed E-state index contributed by atoms with van der Waals surface area (Å²) in [5.74, 6) is -1.95. The van der Waals surface area contributed by atoms with Gasteiger partial charge < -0.3 is 15.7 Å². The van der Waals surface area contributed by atoms with Gasteiger partial charge in [-0.05, 0) is 31.5 Å². The Kier molecular flexibility index (Phi) is 6.13. The monoisotopic (exact) mass is 290 g/mol. The number of hydrogen-bond acceptors (Lipinski definition) is 3. The predicted molar refractivity (Wildman–Crippen MR) is 78.2 cm³/mol. The van der Waals surface area contributed by atoms with Crippen molar-refractivity contribution in [2.75, 3.05) is 7.05 Å². The molecule has 2 amide bonds. The van der Waals surface area contributed by atoms with E-state index >= 15 is 0 Å². The van der Waals surface area contributed by atoms with Gasteiger partial charge in [-0.2, -0.15) is 0 Å². The second-order valence-corrected chi connectivity index (χ2v) is 4.33. The van der Waals surface area contributed by atoms with Crippen LogP contribution < -0.4 is 10.6 Å². The first-order chi connectivity index (χ1) is 9.99. The van der Waals surface area contributed by atoms with Crippen molar-refractivity contribution in [1.29, 1.82) is 0 Å².